The minimum absolute atomic E-state index is 0.0990. The maximum atomic E-state index is 7.06. The van der Waals surface area contributed by atoms with Crippen molar-refractivity contribution in [2.24, 2.45) is 11.8 Å². The lowest BCUT2D eigenvalue weighted by molar-refractivity contribution is 0.357. The first-order valence-electron chi connectivity index (χ1n) is 15.1. The zero-order chi connectivity index (χ0) is 29.5. The second-order valence-corrected chi connectivity index (χ2v) is 12.9. The molecule has 218 valence electrons. The second-order valence-electron chi connectivity index (χ2n) is 12.1. The van der Waals surface area contributed by atoms with Crippen LogP contribution in [0.25, 0.3) is 5.69 Å². The largest absolute Gasteiger partial charge is 0.370 e. The van der Waals surface area contributed by atoms with Crippen LogP contribution in [0.3, 0.4) is 0 Å². The fourth-order valence-corrected chi connectivity index (χ4v) is 7.84. The number of halogens is 1. The van der Waals surface area contributed by atoms with E-state index >= 15 is 0 Å². The third-order valence-corrected chi connectivity index (χ3v) is 9.54. The summed E-state index contributed by atoms with van der Waals surface area (Å²) in [6.07, 6.45) is 4.09. The van der Waals surface area contributed by atoms with Crippen LogP contribution in [0.2, 0.25) is 5.02 Å². The normalized spacial score (nSPS) is 22.5. The molecule has 2 saturated heterocycles. The van der Waals surface area contributed by atoms with Gasteiger partial charge in [-0.15, -0.1) is 0 Å². The summed E-state index contributed by atoms with van der Waals surface area (Å²) in [6, 6.07) is 23.3. The average Bonchev–Trinajstić information content (AvgIpc) is 3.47. The van der Waals surface area contributed by atoms with Crippen LogP contribution >= 0.6 is 23.8 Å². The number of nitrogens with zero attached hydrogens (tertiary/aromatic N) is 4. The molecule has 0 bridgehead atoms. The van der Waals surface area contributed by atoms with Crippen molar-refractivity contribution < 1.29 is 0 Å². The van der Waals surface area contributed by atoms with Crippen LogP contribution in [0.4, 0.5) is 11.4 Å². The molecule has 0 amide bonds. The summed E-state index contributed by atoms with van der Waals surface area (Å²) in [5.74, 6) is 1.30. The van der Waals surface area contributed by atoms with Crippen molar-refractivity contribution in [3.8, 4) is 5.69 Å². The molecule has 2 aliphatic heterocycles. The highest BCUT2D eigenvalue weighted by molar-refractivity contribution is 7.80. The van der Waals surface area contributed by atoms with E-state index in [4.69, 9.17) is 28.8 Å². The standard InChI is InChI=1S/C35H40ClN5S/c1-6-26-11-7-8-13-31(26)40-24(4)18-28(25(40)5)34-33(30-12-9-10-16-37-30)38-35(42)41(34)27-14-15-32(29(36)19-27)39-20-22(2)17-23(3)21-39/h7-16,18-19,22-23,33-34H,6,17,20-21H2,1-5H3,(H,38,42)/t22-,23+,33-,34+/m0/s1. The Bertz CT molecular complexity index is 1590. The Hall–Kier alpha value is -3.35. The molecular weight excluding hydrogens is 558 g/mol. The minimum atomic E-state index is -0.115. The van der Waals surface area contributed by atoms with Gasteiger partial charge in [-0.1, -0.05) is 56.6 Å². The quantitative estimate of drug-likeness (QED) is 0.226. The summed E-state index contributed by atoms with van der Waals surface area (Å²) in [7, 11) is 0. The van der Waals surface area contributed by atoms with Crippen LogP contribution in [0, 0.1) is 25.7 Å². The highest BCUT2D eigenvalue weighted by Crippen LogP contribution is 2.45. The molecule has 2 aromatic carbocycles. The van der Waals surface area contributed by atoms with Crippen LogP contribution in [0.5, 0.6) is 0 Å². The van der Waals surface area contributed by atoms with Crippen molar-refractivity contribution in [1.29, 1.82) is 0 Å². The number of hydrogen-bond acceptors (Lipinski definition) is 3. The van der Waals surface area contributed by atoms with Gasteiger partial charge < -0.3 is 19.7 Å². The van der Waals surface area contributed by atoms with Crippen LogP contribution < -0.4 is 15.1 Å². The van der Waals surface area contributed by atoms with Crippen LogP contribution in [0.1, 0.15) is 67.5 Å². The lowest BCUT2D eigenvalue weighted by atomic mass is 9.91. The Morgan fingerprint density at radius 3 is 2.38 bits per heavy atom. The minimum Gasteiger partial charge on any atom is -0.370 e. The van der Waals surface area contributed by atoms with Gasteiger partial charge in [0, 0.05) is 42.0 Å². The number of pyridine rings is 1. The van der Waals surface area contributed by atoms with Gasteiger partial charge in [-0.2, -0.15) is 0 Å². The SMILES string of the molecule is CCc1ccccc1-n1c(C)cc([C@@H]2[C@H](c3ccccn3)NC(=S)N2c2ccc(N3C[C@H](C)C[C@H](C)C3)c(Cl)c2)c1C. The molecule has 2 fully saturated rings. The molecular formula is C35H40ClN5S. The fraction of sp³-hybridized carbons (Fsp3) is 0.371. The summed E-state index contributed by atoms with van der Waals surface area (Å²) < 4.78 is 2.39. The van der Waals surface area contributed by atoms with Gasteiger partial charge in [0.25, 0.3) is 0 Å². The Balaban J connectivity index is 1.45. The zero-order valence-electron chi connectivity index (χ0n) is 25.1. The summed E-state index contributed by atoms with van der Waals surface area (Å²) in [5.41, 5.74) is 9.23. The van der Waals surface area contributed by atoms with Gasteiger partial charge in [0.05, 0.1) is 28.5 Å². The Morgan fingerprint density at radius 2 is 1.69 bits per heavy atom. The number of aryl methyl sites for hydroxylation is 2. The van der Waals surface area contributed by atoms with Crippen LogP contribution in [0.15, 0.2) is 72.9 Å². The number of hydrogen-bond donors (Lipinski definition) is 1. The smallest absolute Gasteiger partial charge is 0.174 e. The van der Waals surface area contributed by atoms with Crippen molar-refractivity contribution >= 4 is 40.3 Å². The first-order chi connectivity index (χ1) is 20.3. The molecule has 0 aliphatic carbocycles. The van der Waals surface area contributed by atoms with E-state index < -0.39 is 0 Å². The summed E-state index contributed by atoms with van der Waals surface area (Å²) in [5, 5.41) is 5.07. The molecule has 0 unspecified atom stereocenters. The number of aromatic nitrogens is 2. The topological polar surface area (TPSA) is 36.3 Å². The van der Waals surface area contributed by atoms with Gasteiger partial charge in [-0.05, 0) is 104 Å². The highest BCUT2D eigenvalue weighted by Gasteiger charge is 2.42. The molecule has 2 aliphatic rings. The van der Waals surface area contributed by atoms with Gasteiger partial charge in [0.2, 0.25) is 0 Å². The molecule has 4 aromatic rings. The molecule has 4 atom stereocenters. The number of para-hydroxylation sites is 1. The number of piperidine rings is 1. The van der Waals surface area contributed by atoms with Gasteiger partial charge in [-0.3, -0.25) is 4.98 Å². The maximum Gasteiger partial charge on any atom is 0.174 e. The van der Waals surface area contributed by atoms with Crippen molar-refractivity contribution in [1.82, 2.24) is 14.9 Å². The van der Waals surface area contributed by atoms with Gasteiger partial charge in [0.1, 0.15) is 0 Å². The van der Waals surface area contributed by atoms with E-state index in [9.17, 15) is 0 Å². The molecule has 2 aromatic heterocycles. The number of thiocarbonyl (C=S) groups is 1. The van der Waals surface area contributed by atoms with E-state index in [1.54, 1.807) is 0 Å². The van der Waals surface area contributed by atoms with E-state index in [0.29, 0.717) is 16.9 Å². The van der Waals surface area contributed by atoms with E-state index in [-0.39, 0.29) is 12.1 Å². The summed E-state index contributed by atoms with van der Waals surface area (Å²) in [4.78, 5) is 9.44. The fourth-order valence-electron chi connectivity index (χ4n) is 7.20. The highest BCUT2D eigenvalue weighted by atomic mass is 35.5. The third-order valence-electron chi connectivity index (χ3n) is 8.92. The van der Waals surface area contributed by atoms with Gasteiger partial charge in [0.15, 0.2) is 5.11 Å². The first-order valence-corrected chi connectivity index (χ1v) is 15.9. The van der Waals surface area contributed by atoms with E-state index in [2.05, 4.69) is 109 Å². The molecule has 5 nitrogen and oxygen atoms in total. The monoisotopic (exact) mass is 597 g/mol. The van der Waals surface area contributed by atoms with Gasteiger partial charge in [-0.25, -0.2) is 0 Å². The molecule has 0 radical (unpaired) electrons. The Labute approximate surface area is 260 Å². The first kappa shape index (κ1) is 28.8. The number of benzene rings is 2. The number of rotatable bonds is 6. The average molecular weight is 598 g/mol. The van der Waals surface area contributed by atoms with E-state index in [0.717, 1.165) is 41.6 Å². The number of anilines is 2. The van der Waals surface area contributed by atoms with Crippen molar-refractivity contribution in [2.75, 3.05) is 22.9 Å². The third kappa shape index (κ3) is 5.20. The molecule has 1 N–H and O–H groups in total. The zero-order valence-corrected chi connectivity index (χ0v) is 26.7. The van der Waals surface area contributed by atoms with Crippen LogP contribution in [-0.4, -0.2) is 27.8 Å². The predicted octanol–water partition coefficient (Wildman–Crippen LogP) is 8.36. The summed E-state index contributed by atoms with van der Waals surface area (Å²) in [6.45, 7) is 13.3. The molecule has 7 heteroatoms. The van der Waals surface area contributed by atoms with Crippen LogP contribution in [-0.2, 0) is 6.42 Å². The molecule has 42 heavy (non-hydrogen) atoms. The molecule has 6 rings (SSSR count). The molecule has 4 heterocycles. The lowest BCUT2D eigenvalue weighted by Crippen LogP contribution is -2.38. The molecule has 0 saturated carbocycles. The van der Waals surface area contributed by atoms with E-state index in [1.165, 1.54) is 34.6 Å². The predicted molar refractivity (Wildman–Crippen MR) is 179 cm³/mol. The van der Waals surface area contributed by atoms with Crippen molar-refractivity contribution in [3.05, 3.63) is 106 Å². The van der Waals surface area contributed by atoms with Crippen molar-refractivity contribution in [3.63, 3.8) is 0 Å². The molecule has 0 spiro atoms. The Morgan fingerprint density at radius 1 is 0.952 bits per heavy atom. The Kier molecular flexibility index (Phi) is 8.03. The maximum absolute atomic E-state index is 7.06. The van der Waals surface area contributed by atoms with Gasteiger partial charge >= 0.3 is 0 Å². The van der Waals surface area contributed by atoms with Crippen molar-refractivity contribution in [2.45, 2.75) is 59.5 Å². The second kappa shape index (κ2) is 11.7. The lowest BCUT2D eigenvalue weighted by Gasteiger charge is -2.37. The summed E-state index contributed by atoms with van der Waals surface area (Å²) >= 11 is 13.1. The van der Waals surface area contributed by atoms with E-state index in [1.807, 2.05) is 18.3 Å². The number of nitrogens with one attached hydrogen (secondary N) is 1.